The maximum atomic E-state index is 12.5. The average molecular weight is 324 g/mol. The molecule has 0 aliphatic heterocycles. The molecule has 8 heteroatoms. The zero-order chi connectivity index (χ0) is 16.0. The molecule has 0 spiro atoms. The van der Waals surface area contributed by atoms with Gasteiger partial charge in [-0.25, -0.2) is 0 Å². The SMILES string of the molecule is COC(=O)CCN(Cc1ccc(Cl)cc1)C(=O)C(F)(F)F. The highest BCUT2D eigenvalue weighted by molar-refractivity contribution is 6.30. The molecule has 0 aliphatic rings. The fourth-order valence-electron chi connectivity index (χ4n) is 1.57. The van der Waals surface area contributed by atoms with E-state index in [2.05, 4.69) is 4.74 Å². The van der Waals surface area contributed by atoms with E-state index in [1.165, 1.54) is 24.3 Å². The van der Waals surface area contributed by atoms with E-state index in [9.17, 15) is 22.8 Å². The van der Waals surface area contributed by atoms with E-state index in [0.717, 1.165) is 7.11 Å². The van der Waals surface area contributed by atoms with E-state index >= 15 is 0 Å². The quantitative estimate of drug-likeness (QED) is 0.783. The molecule has 1 rings (SSSR count). The van der Waals surface area contributed by atoms with Gasteiger partial charge in [0.05, 0.1) is 13.5 Å². The van der Waals surface area contributed by atoms with Crippen LogP contribution in [0, 0.1) is 0 Å². The Kier molecular flexibility index (Phi) is 6.02. The minimum absolute atomic E-state index is 0.271. The van der Waals surface area contributed by atoms with E-state index in [-0.39, 0.29) is 19.5 Å². The van der Waals surface area contributed by atoms with Crippen molar-refractivity contribution in [1.82, 2.24) is 4.90 Å². The summed E-state index contributed by atoms with van der Waals surface area (Å²) in [7, 11) is 1.12. The van der Waals surface area contributed by atoms with Gasteiger partial charge < -0.3 is 9.64 Å². The van der Waals surface area contributed by atoms with Crippen LogP contribution in [0.2, 0.25) is 5.02 Å². The van der Waals surface area contributed by atoms with Crippen LogP contribution in [-0.2, 0) is 20.9 Å². The Bertz CT molecular complexity index is 502. The molecule has 0 saturated carbocycles. The Morgan fingerprint density at radius 2 is 1.81 bits per heavy atom. The summed E-state index contributed by atoms with van der Waals surface area (Å²) >= 11 is 5.68. The Hall–Kier alpha value is -1.76. The van der Waals surface area contributed by atoms with Crippen molar-refractivity contribution in [2.75, 3.05) is 13.7 Å². The zero-order valence-electron chi connectivity index (χ0n) is 11.1. The molecule has 0 unspecified atom stereocenters. The van der Waals surface area contributed by atoms with Crippen LogP contribution in [0.3, 0.4) is 0 Å². The Balaban J connectivity index is 2.83. The molecule has 0 bridgehead atoms. The zero-order valence-corrected chi connectivity index (χ0v) is 11.9. The van der Waals surface area contributed by atoms with Gasteiger partial charge in [-0.1, -0.05) is 23.7 Å². The molecular formula is C13H13ClF3NO3. The van der Waals surface area contributed by atoms with Crippen molar-refractivity contribution in [3.63, 3.8) is 0 Å². The second kappa shape index (κ2) is 7.31. The summed E-state index contributed by atoms with van der Waals surface area (Å²) in [4.78, 5) is 22.9. The van der Waals surface area contributed by atoms with Crippen LogP contribution >= 0.6 is 11.6 Å². The van der Waals surface area contributed by atoms with Crippen LogP contribution in [0.15, 0.2) is 24.3 Å². The number of hydrogen-bond donors (Lipinski definition) is 0. The maximum absolute atomic E-state index is 12.5. The number of methoxy groups -OCH3 is 1. The minimum atomic E-state index is -5.00. The monoisotopic (exact) mass is 323 g/mol. The van der Waals surface area contributed by atoms with Crippen LogP contribution in [-0.4, -0.2) is 36.6 Å². The molecule has 21 heavy (non-hydrogen) atoms. The third kappa shape index (κ3) is 5.63. The summed E-state index contributed by atoms with van der Waals surface area (Å²) < 4.78 is 42.0. The highest BCUT2D eigenvalue weighted by Gasteiger charge is 2.42. The molecule has 0 aromatic heterocycles. The number of halogens is 4. The lowest BCUT2D eigenvalue weighted by atomic mass is 10.2. The van der Waals surface area contributed by atoms with Gasteiger partial charge in [0.1, 0.15) is 0 Å². The van der Waals surface area contributed by atoms with Crippen molar-refractivity contribution < 1.29 is 27.5 Å². The van der Waals surface area contributed by atoms with Gasteiger partial charge in [0.2, 0.25) is 0 Å². The van der Waals surface area contributed by atoms with Gasteiger partial charge in [0, 0.05) is 18.1 Å². The lowest BCUT2D eigenvalue weighted by Crippen LogP contribution is -2.41. The van der Waals surface area contributed by atoms with Gasteiger partial charge in [-0.3, -0.25) is 9.59 Å². The van der Waals surface area contributed by atoms with Crippen molar-refractivity contribution in [3.05, 3.63) is 34.9 Å². The molecule has 0 saturated heterocycles. The van der Waals surface area contributed by atoms with E-state index in [1.807, 2.05) is 0 Å². The normalized spacial score (nSPS) is 11.1. The molecule has 1 aromatic rings. The highest BCUT2D eigenvalue weighted by atomic mass is 35.5. The molecule has 116 valence electrons. The molecule has 0 radical (unpaired) electrons. The summed E-state index contributed by atoms with van der Waals surface area (Å²) in [6, 6.07) is 6.04. The molecule has 0 fully saturated rings. The van der Waals surface area contributed by atoms with E-state index in [1.54, 1.807) is 0 Å². The van der Waals surface area contributed by atoms with Crippen LogP contribution in [0.5, 0.6) is 0 Å². The van der Waals surface area contributed by atoms with E-state index < -0.39 is 18.1 Å². The molecule has 0 aliphatic carbocycles. The number of hydrogen-bond acceptors (Lipinski definition) is 3. The number of carbonyl (C=O) groups is 2. The van der Waals surface area contributed by atoms with Crippen molar-refractivity contribution in [2.24, 2.45) is 0 Å². The molecular weight excluding hydrogens is 311 g/mol. The number of benzene rings is 1. The number of carbonyl (C=O) groups excluding carboxylic acids is 2. The summed E-state index contributed by atoms with van der Waals surface area (Å²) in [6.45, 7) is -0.653. The van der Waals surface area contributed by atoms with Gasteiger partial charge in [-0.05, 0) is 17.7 Å². The first-order valence-corrected chi connectivity index (χ1v) is 6.29. The van der Waals surface area contributed by atoms with Crippen molar-refractivity contribution in [2.45, 2.75) is 19.1 Å². The van der Waals surface area contributed by atoms with Crippen molar-refractivity contribution in [3.8, 4) is 0 Å². The fraction of sp³-hybridized carbons (Fsp3) is 0.385. The van der Waals surface area contributed by atoms with Gasteiger partial charge in [-0.2, -0.15) is 13.2 Å². The van der Waals surface area contributed by atoms with Crippen molar-refractivity contribution in [1.29, 1.82) is 0 Å². The van der Waals surface area contributed by atoms with E-state index in [4.69, 9.17) is 11.6 Å². The van der Waals surface area contributed by atoms with Gasteiger partial charge in [0.25, 0.3) is 0 Å². The Labute approximate surface area is 124 Å². The lowest BCUT2D eigenvalue weighted by molar-refractivity contribution is -0.186. The van der Waals surface area contributed by atoms with E-state index in [0.29, 0.717) is 15.5 Å². The average Bonchev–Trinajstić information content (AvgIpc) is 2.43. The molecule has 0 N–H and O–H groups in total. The van der Waals surface area contributed by atoms with Gasteiger partial charge in [-0.15, -0.1) is 0 Å². The third-order valence-corrected chi connectivity index (χ3v) is 2.88. The van der Waals surface area contributed by atoms with Gasteiger partial charge in [0.15, 0.2) is 0 Å². The summed E-state index contributed by atoms with van der Waals surface area (Å²) in [5, 5.41) is 0.432. The summed E-state index contributed by atoms with van der Waals surface area (Å²) in [5.74, 6) is -2.69. The number of nitrogens with zero attached hydrogens (tertiary/aromatic N) is 1. The van der Waals surface area contributed by atoms with Crippen LogP contribution < -0.4 is 0 Å². The predicted molar refractivity (Wildman–Crippen MR) is 69.6 cm³/mol. The topological polar surface area (TPSA) is 46.6 Å². The van der Waals surface area contributed by atoms with Crippen molar-refractivity contribution >= 4 is 23.5 Å². The lowest BCUT2D eigenvalue weighted by Gasteiger charge is -2.23. The second-order valence-corrected chi connectivity index (χ2v) is 4.61. The Morgan fingerprint density at radius 3 is 2.29 bits per heavy atom. The third-order valence-electron chi connectivity index (χ3n) is 2.63. The standard InChI is InChI=1S/C13H13ClF3NO3/c1-21-11(19)6-7-18(12(20)13(15,16)17)8-9-2-4-10(14)5-3-9/h2-5H,6-8H2,1H3. The second-order valence-electron chi connectivity index (χ2n) is 4.18. The summed E-state index contributed by atoms with van der Waals surface area (Å²) in [6.07, 6.45) is -5.31. The fourth-order valence-corrected chi connectivity index (χ4v) is 1.70. The number of alkyl halides is 3. The number of esters is 1. The number of rotatable bonds is 5. The minimum Gasteiger partial charge on any atom is -0.469 e. The first-order valence-electron chi connectivity index (χ1n) is 5.91. The highest BCUT2D eigenvalue weighted by Crippen LogP contribution is 2.21. The maximum Gasteiger partial charge on any atom is 0.471 e. The molecule has 0 heterocycles. The molecule has 0 atom stereocenters. The number of amides is 1. The summed E-state index contributed by atoms with van der Waals surface area (Å²) in [5.41, 5.74) is 0.474. The predicted octanol–water partition coefficient (Wildman–Crippen LogP) is 2.79. The van der Waals surface area contributed by atoms with Gasteiger partial charge >= 0.3 is 18.1 Å². The first-order chi connectivity index (χ1) is 9.74. The molecule has 1 aromatic carbocycles. The smallest absolute Gasteiger partial charge is 0.469 e. The first kappa shape index (κ1) is 17.3. The van der Waals surface area contributed by atoms with Crippen LogP contribution in [0.4, 0.5) is 13.2 Å². The largest absolute Gasteiger partial charge is 0.471 e. The Morgan fingerprint density at radius 1 is 1.24 bits per heavy atom. The van der Waals surface area contributed by atoms with Crippen LogP contribution in [0.1, 0.15) is 12.0 Å². The molecule has 4 nitrogen and oxygen atoms in total. The molecule has 1 amide bonds. The number of ether oxygens (including phenoxy) is 1. The van der Waals surface area contributed by atoms with Crippen LogP contribution in [0.25, 0.3) is 0 Å².